The Kier molecular flexibility index (Phi) is 4.85. The van der Waals surface area contributed by atoms with Crippen molar-refractivity contribution < 1.29 is 4.79 Å². The molecule has 0 bridgehead atoms. The summed E-state index contributed by atoms with van der Waals surface area (Å²) < 4.78 is 0. The number of hydrogen-bond acceptors (Lipinski definition) is 3. The number of carbonyl (C=O) groups is 1. The van der Waals surface area contributed by atoms with Crippen molar-refractivity contribution in [2.75, 3.05) is 19.6 Å². The molecule has 1 fully saturated rings. The van der Waals surface area contributed by atoms with Crippen molar-refractivity contribution in [3.8, 4) is 0 Å². The van der Waals surface area contributed by atoms with E-state index in [0.717, 1.165) is 25.9 Å². The van der Waals surface area contributed by atoms with Crippen LogP contribution < -0.4 is 5.32 Å². The molecule has 1 aromatic carbocycles. The van der Waals surface area contributed by atoms with E-state index in [1.54, 1.807) is 11.3 Å². The second kappa shape index (κ2) is 7.42. The molecule has 0 radical (unpaired) electrons. The van der Waals surface area contributed by atoms with E-state index >= 15 is 0 Å². The zero-order valence-electron chi connectivity index (χ0n) is 14.2. The van der Waals surface area contributed by atoms with Gasteiger partial charge in [-0.2, -0.15) is 0 Å². The molecule has 4 rings (SSSR count). The Morgan fingerprint density at radius 1 is 1.20 bits per heavy atom. The highest BCUT2D eigenvalue weighted by Gasteiger charge is 2.23. The smallest absolute Gasteiger partial charge is 0.234 e. The lowest BCUT2D eigenvalue weighted by molar-refractivity contribution is -0.122. The van der Waals surface area contributed by atoms with Crippen molar-refractivity contribution in [1.29, 1.82) is 0 Å². The highest BCUT2D eigenvalue weighted by Crippen LogP contribution is 2.32. The van der Waals surface area contributed by atoms with Gasteiger partial charge in [0.15, 0.2) is 0 Å². The molecule has 0 aliphatic carbocycles. The van der Waals surface area contributed by atoms with Gasteiger partial charge in [0.05, 0.1) is 13.1 Å². The van der Waals surface area contributed by atoms with Gasteiger partial charge in [-0.1, -0.05) is 24.3 Å². The van der Waals surface area contributed by atoms with E-state index in [1.807, 2.05) is 11.4 Å². The number of likely N-dealkylation sites (tertiary alicyclic amines) is 1. The molecular formula is C20H23N3OS. The molecule has 2 aromatic heterocycles. The van der Waals surface area contributed by atoms with Crippen molar-refractivity contribution >= 4 is 28.1 Å². The van der Waals surface area contributed by atoms with Gasteiger partial charge in [-0.3, -0.25) is 9.69 Å². The summed E-state index contributed by atoms with van der Waals surface area (Å²) in [6.07, 6.45) is 4.39. The SMILES string of the molecule is O=C(CN1CCC(c2c[nH]c3ccccc23)CC1)NCc1cccs1. The Labute approximate surface area is 151 Å². The van der Waals surface area contributed by atoms with E-state index < -0.39 is 0 Å². The van der Waals surface area contributed by atoms with Crippen LogP contribution in [-0.4, -0.2) is 35.4 Å². The first-order valence-electron chi connectivity index (χ1n) is 8.87. The molecule has 0 spiro atoms. The average molecular weight is 353 g/mol. The quantitative estimate of drug-likeness (QED) is 0.734. The molecule has 1 aliphatic heterocycles. The summed E-state index contributed by atoms with van der Waals surface area (Å²) in [5.74, 6) is 0.709. The average Bonchev–Trinajstić information content (AvgIpc) is 3.30. The van der Waals surface area contributed by atoms with E-state index in [1.165, 1.54) is 21.3 Å². The third-order valence-corrected chi connectivity index (χ3v) is 5.93. The predicted molar refractivity (Wildman–Crippen MR) is 103 cm³/mol. The van der Waals surface area contributed by atoms with Crippen molar-refractivity contribution in [2.24, 2.45) is 0 Å². The molecular weight excluding hydrogens is 330 g/mol. The Morgan fingerprint density at radius 3 is 2.84 bits per heavy atom. The summed E-state index contributed by atoms with van der Waals surface area (Å²) in [5.41, 5.74) is 2.64. The largest absolute Gasteiger partial charge is 0.361 e. The first-order chi connectivity index (χ1) is 12.3. The number of hydrogen-bond donors (Lipinski definition) is 2. The molecule has 1 amide bonds. The number of piperidine rings is 1. The lowest BCUT2D eigenvalue weighted by Crippen LogP contribution is -2.40. The number of aromatic nitrogens is 1. The van der Waals surface area contributed by atoms with Gasteiger partial charge >= 0.3 is 0 Å². The van der Waals surface area contributed by atoms with Gasteiger partial charge in [-0.05, 0) is 54.9 Å². The topological polar surface area (TPSA) is 48.1 Å². The number of nitrogens with zero attached hydrogens (tertiary/aromatic N) is 1. The molecule has 5 heteroatoms. The molecule has 2 N–H and O–H groups in total. The second-order valence-corrected chi connectivity index (χ2v) is 7.73. The van der Waals surface area contributed by atoms with Crippen molar-refractivity contribution in [1.82, 2.24) is 15.2 Å². The number of benzene rings is 1. The van der Waals surface area contributed by atoms with Crippen LogP contribution in [0.5, 0.6) is 0 Å². The molecule has 130 valence electrons. The van der Waals surface area contributed by atoms with Gasteiger partial charge < -0.3 is 10.3 Å². The molecule has 4 nitrogen and oxygen atoms in total. The number of rotatable bonds is 5. The molecule has 1 aliphatic rings. The van der Waals surface area contributed by atoms with Gasteiger partial charge in [-0.25, -0.2) is 0 Å². The van der Waals surface area contributed by atoms with Crippen LogP contribution in [0.1, 0.15) is 29.2 Å². The molecule has 1 saturated heterocycles. The van der Waals surface area contributed by atoms with Crippen LogP contribution in [0.15, 0.2) is 48.0 Å². The molecule has 3 heterocycles. The summed E-state index contributed by atoms with van der Waals surface area (Å²) in [6, 6.07) is 12.6. The minimum Gasteiger partial charge on any atom is -0.361 e. The summed E-state index contributed by atoms with van der Waals surface area (Å²) >= 11 is 1.68. The number of thiophene rings is 1. The maximum Gasteiger partial charge on any atom is 0.234 e. The fourth-order valence-corrected chi connectivity index (χ4v) is 4.34. The normalized spacial score (nSPS) is 16.3. The van der Waals surface area contributed by atoms with Crippen LogP contribution in [0, 0.1) is 0 Å². The van der Waals surface area contributed by atoms with Gasteiger partial charge in [-0.15, -0.1) is 11.3 Å². The maximum atomic E-state index is 12.1. The zero-order chi connectivity index (χ0) is 17.1. The fraction of sp³-hybridized carbons (Fsp3) is 0.350. The highest BCUT2D eigenvalue weighted by molar-refractivity contribution is 7.09. The summed E-state index contributed by atoms with van der Waals surface area (Å²) in [6.45, 7) is 3.11. The Morgan fingerprint density at radius 2 is 2.04 bits per heavy atom. The molecule has 0 unspecified atom stereocenters. The number of H-pyrrole nitrogens is 1. The van der Waals surface area contributed by atoms with E-state index in [2.05, 4.69) is 51.7 Å². The van der Waals surface area contributed by atoms with Gasteiger partial charge in [0.1, 0.15) is 0 Å². The van der Waals surface area contributed by atoms with Crippen molar-refractivity contribution in [3.63, 3.8) is 0 Å². The second-order valence-electron chi connectivity index (χ2n) is 6.70. The standard InChI is InChI=1S/C20H23N3OS/c24-20(22-12-16-4-3-11-25-16)14-23-9-7-15(8-10-23)18-13-21-19-6-2-1-5-17(18)19/h1-6,11,13,15,21H,7-10,12,14H2,(H,22,24). The van der Waals surface area contributed by atoms with E-state index in [9.17, 15) is 4.79 Å². The highest BCUT2D eigenvalue weighted by atomic mass is 32.1. The van der Waals surface area contributed by atoms with E-state index in [4.69, 9.17) is 0 Å². The lowest BCUT2D eigenvalue weighted by Gasteiger charge is -2.31. The minimum absolute atomic E-state index is 0.124. The lowest BCUT2D eigenvalue weighted by atomic mass is 9.89. The number of nitrogens with one attached hydrogen (secondary N) is 2. The molecule has 3 aromatic rings. The molecule has 0 saturated carbocycles. The van der Waals surface area contributed by atoms with Crippen LogP contribution in [-0.2, 0) is 11.3 Å². The van der Waals surface area contributed by atoms with Crippen LogP contribution in [0.25, 0.3) is 10.9 Å². The summed E-state index contributed by atoms with van der Waals surface area (Å²) in [7, 11) is 0. The van der Waals surface area contributed by atoms with Crippen molar-refractivity contribution in [2.45, 2.75) is 25.3 Å². The summed E-state index contributed by atoms with van der Waals surface area (Å²) in [5, 5.41) is 6.40. The van der Waals surface area contributed by atoms with Crippen molar-refractivity contribution in [3.05, 3.63) is 58.4 Å². The third kappa shape index (κ3) is 3.78. The minimum atomic E-state index is 0.124. The number of fused-ring (bicyclic) bond motifs is 1. The third-order valence-electron chi connectivity index (χ3n) is 5.06. The van der Waals surface area contributed by atoms with Gasteiger partial charge in [0, 0.05) is 22.0 Å². The van der Waals surface area contributed by atoms with Gasteiger partial charge in [0.2, 0.25) is 5.91 Å². The van der Waals surface area contributed by atoms with E-state index in [0.29, 0.717) is 19.0 Å². The number of aromatic amines is 1. The predicted octanol–water partition coefficient (Wildman–Crippen LogP) is 3.73. The van der Waals surface area contributed by atoms with Crippen LogP contribution >= 0.6 is 11.3 Å². The summed E-state index contributed by atoms with van der Waals surface area (Å²) in [4.78, 5) is 19.0. The van der Waals surface area contributed by atoms with E-state index in [-0.39, 0.29) is 5.91 Å². The maximum absolute atomic E-state index is 12.1. The van der Waals surface area contributed by atoms with Crippen LogP contribution in [0.2, 0.25) is 0 Å². The number of amides is 1. The zero-order valence-corrected chi connectivity index (χ0v) is 15.0. The van der Waals surface area contributed by atoms with Crippen LogP contribution in [0.3, 0.4) is 0 Å². The Hall–Kier alpha value is -2.11. The number of carbonyl (C=O) groups excluding carboxylic acids is 1. The Balaban J connectivity index is 1.29. The first-order valence-corrected chi connectivity index (χ1v) is 9.75. The molecule has 0 atom stereocenters. The van der Waals surface area contributed by atoms with Crippen LogP contribution in [0.4, 0.5) is 0 Å². The van der Waals surface area contributed by atoms with Gasteiger partial charge in [0.25, 0.3) is 0 Å². The monoisotopic (exact) mass is 353 g/mol. The fourth-order valence-electron chi connectivity index (χ4n) is 3.69. The molecule has 25 heavy (non-hydrogen) atoms. The number of para-hydroxylation sites is 1. The Bertz CT molecular complexity index is 832. The first kappa shape index (κ1) is 16.4.